The van der Waals surface area contributed by atoms with Crippen LogP contribution >= 0.6 is 0 Å². The second-order valence-corrected chi connectivity index (χ2v) is 6.18. The Bertz CT molecular complexity index is 939. The van der Waals surface area contributed by atoms with Gasteiger partial charge in [0.05, 0.1) is 11.4 Å². The highest BCUT2D eigenvalue weighted by Gasteiger charge is 2.20. The minimum atomic E-state index is -0.337. The number of aldehydes is 1. The van der Waals surface area contributed by atoms with Crippen LogP contribution in [-0.4, -0.2) is 15.8 Å². The largest absolute Gasteiger partial charge is 0.302 e. The van der Waals surface area contributed by atoms with Crippen LogP contribution in [0.3, 0.4) is 0 Å². The quantitative estimate of drug-likeness (QED) is 0.462. The summed E-state index contributed by atoms with van der Waals surface area (Å²) in [7, 11) is 0. The Balaban J connectivity index is 2.31. The van der Waals surface area contributed by atoms with Crippen LogP contribution in [0.1, 0.15) is 25.6 Å². The number of halogens is 2. The van der Waals surface area contributed by atoms with Gasteiger partial charge in [-0.05, 0) is 54.6 Å². The zero-order valence-corrected chi connectivity index (χ0v) is 14.5. The van der Waals surface area contributed by atoms with Crippen LogP contribution in [0.4, 0.5) is 8.78 Å². The van der Waals surface area contributed by atoms with Gasteiger partial charge in [0.1, 0.15) is 23.7 Å². The van der Waals surface area contributed by atoms with Crippen LogP contribution in [-0.2, 0) is 4.79 Å². The lowest BCUT2D eigenvalue weighted by Gasteiger charge is -2.10. The lowest BCUT2D eigenvalue weighted by molar-refractivity contribution is -0.104. The van der Waals surface area contributed by atoms with E-state index in [-0.39, 0.29) is 17.6 Å². The molecule has 1 aromatic heterocycles. The topological polar surface area (TPSA) is 34.9 Å². The zero-order valence-electron chi connectivity index (χ0n) is 14.5. The van der Waals surface area contributed by atoms with Crippen LogP contribution in [0.2, 0.25) is 0 Å². The number of carbonyl (C=O) groups excluding carboxylic acids is 1. The van der Waals surface area contributed by atoms with Gasteiger partial charge < -0.3 is 4.57 Å². The molecule has 3 aromatic rings. The van der Waals surface area contributed by atoms with Gasteiger partial charge in [-0.15, -0.1) is 0 Å². The zero-order chi connectivity index (χ0) is 18.7. The van der Waals surface area contributed by atoms with Crippen LogP contribution in [0, 0.1) is 11.6 Å². The third kappa shape index (κ3) is 3.47. The molecule has 26 heavy (non-hydrogen) atoms. The lowest BCUT2D eigenvalue weighted by Crippen LogP contribution is -2.00. The first-order valence-corrected chi connectivity index (χ1v) is 8.27. The van der Waals surface area contributed by atoms with Crippen molar-refractivity contribution in [3.05, 3.63) is 72.1 Å². The van der Waals surface area contributed by atoms with E-state index in [1.54, 1.807) is 30.5 Å². The number of carbonyl (C=O) groups is 1. The molecule has 0 bridgehead atoms. The molecule has 3 nitrogen and oxygen atoms in total. The van der Waals surface area contributed by atoms with Crippen molar-refractivity contribution in [2.75, 3.05) is 0 Å². The van der Waals surface area contributed by atoms with Gasteiger partial charge in [0, 0.05) is 23.2 Å². The normalized spacial score (nSPS) is 11.4. The summed E-state index contributed by atoms with van der Waals surface area (Å²) in [6.45, 7) is 3.99. The number of imidazole rings is 1. The van der Waals surface area contributed by atoms with Gasteiger partial charge in [0.2, 0.25) is 0 Å². The van der Waals surface area contributed by atoms with E-state index in [1.807, 2.05) is 18.4 Å². The van der Waals surface area contributed by atoms with Gasteiger partial charge in [0.25, 0.3) is 0 Å². The maximum absolute atomic E-state index is 13.4. The lowest BCUT2D eigenvalue weighted by atomic mass is 10.0. The van der Waals surface area contributed by atoms with E-state index in [9.17, 15) is 13.6 Å². The van der Waals surface area contributed by atoms with E-state index in [0.29, 0.717) is 12.0 Å². The molecule has 3 rings (SSSR count). The average molecular weight is 352 g/mol. The van der Waals surface area contributed by atoms with E-state index >= 15 is 0 Å². The first kappa shape index (κ1) is 17.7. The molecular formula is C21H18F2N2O. The summed E-state index contributed by atoms with van der Waals surface area (Å²) in [5.41, 5.74) is 2.86. The third-order valence-corrected chi connectivity index (χ3v) is 4.00. The summed E-state index contributed by atoms with van der Waals surface area (Å²) in [4.78, 5) is 15.6. The number of benzene rings is 2. The van der Waals surface area contributed by atoms with E-state index in [2.05, 4.69) is 0 Å². The monoisotopic (exact) mass is 352 g/mol. The molecule has 0 atom stereocenters. The Morgan fingerprint density at radius 2 is 1.46 bits per heavy atom. The Labute approximate surface area is 150 Å². The van der Waals surface area contributed by atoms with Crippen molar-refractivity contribution in [3.63, 3.8) is 0 Å². The molecule has 0 N–H and O–H groups in total. The number of hydrogen-bond acceptors (Lipinski definition) is 2. The van der Waals surface area contributed by atoms with E-state index in [0.717, 1.165) is 22.6 Å². The van der Waals surface area contributed by atoms with Crippen LogP contribution in [0.15, 0.2) is 54.6 Å². The molecule has 0 aliphatic rings. The number of aromatic nitrogens is 2. The predicted molar refractivity (Wildman–Crippen MR) is 98.5 cm³/mol. The summed E-state index contributed by atoms with van der Waals surface area (Å²) in [5, 5.41) is 0. The molecule has 0 aliphatic heterocycles. The number of allylic oxidation sites excluding steroid dienone is 1. The van der Waals surface area contributed by atoms with Crippen LogP contribution < -0.4 is 0 Å². The highest BCUT2D eigenvalue weighted by molar-refractivity contribution is 5.82. The van der Waals surface area contributed by atoms with Crippen LogP contribution in [0.5, 0.6) is 0 Å². The number of nitrogens with zero attached hydrogens (tertiary/aromatic N) is 2. The van der Waals surface area contributed by atoms with Gasteiger partial charge in [-0.1, -0.05) is 13.8 Å². The molecule has 0 saturated carbocycles. The number of rotatable bonds is 5. The van der Waals surface area contributed by atoms with Crippen molar-refractivity contribution in [1.29, 1.82) is 0 Å². The molecule has 0 saturated heterocycles. The predicted octanol–water partition coefficient (Wildman–Crippen LogP) is 5.29. The molecule has 2 aromatic carbocycles. The summed E-state index contributed by atoms with van der Waals surface area (Å²) in [6, 6.07) is 12.1. The molecule has 0 fully saturated rings. The maximum atomic E-state index is 13.4. The summed E-state index contributed by atoms with van der Waals surface area (Å²) in [6.07, 6.45) is 3.71. The van der Waals surface area contributed by atoms with E-state index in [4.69, 9.17) is 4.98 Å². The molecule has 0 unspecified atom stereocenters. The second kappa shape index (κ2) is 7.44. The van der Waals surface area contributed by atoms with Gasteiger partial charge in [-0.2, -0.15) is 0 Å². The third-order valence-electron chi connectivity index (χ3n) is 4.00. The summed E-state index contributed by atoms with van der Waals surface area (Å²) < 4.78 is 28.5. The van der Waals surface area contributed by atoms with Gasteiger partial charge >= 0.3 is 0 Å². The van der Waals surface area contributed by atoms with Gasteiger partial charge in [-0.3, -0.25) is 4.79 Å². The SMILES string of the molecule is CC(C)c1nc(-c2ccc(F)cc2)c(-c2ccc(F)cc2)n1/C=C/C=O. The smallest absolute Gasteiger partial charge is 0.144 e. The van der Waals surface area contributed by atoms with Crippen molar-refractivity contribution in [1.82, 2.24) is 9.55 Å². The summed E-state index contributed by atoms with van der Waals surface area (Å²) in [5.74, 6) is 0.165. The molecule has 132 valence electrons. The fraction of sp³-hybridized carbons (Fsp3) is 0.143. The van der Waals surface area contributed by atoms with Crippen LogP contribution in [0.25, 0.3) is 28.7 Å². The van der Waals surface area contributed by atoms with Gasteiger partial charge in [-0.25, -0.2) is 13.8 Å². The van der Waals surface area contributed by atoms with E-state index < -0.39 is 0 Å². The van der Waals surface area contributed by atoms with Crippen molar-refractivity contribution >= 4 is 12.5 Å². The Hall–Kier alpha value is -3.08. The highest BCUT2D eigenvalue weighted by atomic mass is 19.1. The van der Waals surface area contributed by atoms with Crippen molar-refractivity contribution in [3.8, 4) is 22.5 Å². The molecule has 5 heteroatoms. The summed E-state index contributed by atoms with van der Waals surface area (Å²) >= 11 is 0. The Morgan fingerprint density at radius 3 is 1.96 bits per heavy atom. The van der Waals surface area contributed by atoms with Crippen molar-refractivity contribution in [2.24, 2.45) is 0 Å². The minimum Gasteiger partial charge on any atom is -0.302 e. The fourth-order valence-corrected chi connectivity index (χ4v) is 2.82. The molecule has 0 aliphatic carbocycles. The first-order valence-electron chi connectivity index (χ1n) is 8.27. The van der Waals surface area contributed by atoms with Crippen molar-refractivity contribution in [2.45, 2.75) is 19.8 Å². The highest BCUT2D eigenvalue weighted by Crippen LogP contribution is 2.35. The molecule has 0 spiro atoms. The number of hydrogen-bond donors (Lipinski definition) is 0. The Morgan fingerprint density at radius 1 is 0.923 bits per heavy atom. The van der Waals surface area contributed by atoms with E-state index in [1.165, 1.54) is 30.3 Å². The first-order chi connectivity index (χ1) is 12.5. The molecule has 0 radical (unpaired) electrons. The molecule has 0 amide bonds. The molecule has 1 heterocycles. The second-order valence-electron chi connectivity index (χ2n) is 6.18. The van der Waals surface area contributed by atoms with Crippen molar-refractivity contribution < 1.29 is 13.6 Å². The average Bonchev–Trinajstić information content (AvgIpc) is 3.01. The Kier molecular flexibility index (Phi) is 5.07. The fourth-order valence-electron chi connectivity index (χ4n) is 2.82. The minimum absolute atomic E-state index is 0.0831. The van der Waals surface area contributed by atoms with Gasteiger partial charge in [0.15, 0.2) is 0 Å². The standard InChI is InChI=1S/C21H18F2N2O/c1-14(2)21-24-19(15-4-8-17(22)9-5-15)20(25(21)12-3-13-26)16-6-10-18(23)11-7-16/h3-14H,1-2H3/b12-3+. The molecular weight excluding hydrogens is 334 g/mol. The maximum Gasteiger partial charge on any atom is 0.144 e.